The number of hydrogen-bond donors (Lipinski definition) is 1. The molecule has 0 aliphatic rings. The lowest BCUT2D eigenvalue weighted by Gasteiger charge is -1.99. The van der Waals surface area contributed by atoms with Gasteiger partial charge in [0.25, 0.3) is 5.91 Å². The molecule has 0 atom stereocenters. The van der Waals surface area contributed by atoms with Crippen molar-refractivity contribution < 1.29 is 18.7 Å². The summed E-state index contributed by atoms with van der Waals surface area (Å²) in [6.45, 7) is 3.95. The van der Waals surface area contributed by atoms with Gasteiger partial charge in [-0.1, -0.05) is 11.3 Å². The van der Waals surface area contributed by atoms with E-state index in [1.54, 1.807) is 19.1 Å². The molecule has 0 aromatic carbocycles. The molecule has 0 aliphatic heterocycles. The lowest BCUT2D eigenvalue weighted by atomic mass is 10.3. The van der Waals surface area contributed by atoms with Crippen LogP contribution in [0.5, 0.6) is 0 Å². The number of nitrogens with one attached hydrogen (secondary N) is 1. The van der Waals surface area contributed by atoms with Crippen molar-refractivity contribution in [1.82, 2.24) is 4.98 Å². The zero-order chi connectivity index (χ0) is 15.7. The van der Waals surface area contributed by atoms with Crippen LogP contribution in [0.2, 0.25) is 0 Å². The number of rotatable bonds is 4. The number of thiazole rings is 1. The van der Waals surface area contributed by atoms with Gasteiger partial charge in [-0.3, -0.25) is 10.1 Å². The molecule has 0 spiro atoms. The van der Waals surface area contributed by atoms with Gasteiger partial charge in [-0.25, -0.2) is 9.78 Å². The van der Waals surface area contributed by atoms with Crippen molar-refractivity contribution in [2.24, 2.45) is 0 Å². The number of carbonyl (C=O) groups is 2. The first-order valence-electron chi connectivity index (χ1n) is 6.52. The van der Waals surface area contributed by atoms with E-state index in [9.17, 15) is 9.59 Å². The van der Waals surface area contributed by atoms with Crippen molar-refractivity contribution in [1.29, 1.82) is 0 Å². The minimum atomic E-state index is -0.352. The van der Waals surface area contributed by atoms with Crippen LogP contribution in [0.3, 0.4) is 0 Å². The molecule has 0 saturated carbocycles. The summed E-state index contributed by atoms with van der Waals surface area (Å²) in [5.74, 6) is -0.464. The Morgan fingerprint density at radius 3 is 2.86 bits per heavy atom. The fourth-order valence-corrected chi connectivity index (χ4v) is 4.11. The summed E-state index contributed by atoms with van der Waals surface area (Å²) in [6, 6.07) is 3.22. The number of esters is 1. The maximum atomic E-state index is 11.9. The van der Waals surface area contributed by atoms with Crippen LogP contribution in [0.15, 0.2) is 22.8 Å². The van der Waals surface area contributed by atoms with Crippen molar-refractivity contribution in [2.75, 3.05) is 11.9 Å². The van der Waals surface area contributed by atoms with E-state index in [1.807, 2.05) is 6.92 Å². The first kappa shape index (κ1) is 14.7. The molecular formula is C14H12N2O4S2. The van der Waals surface area contributed by atoms with Gasteiger partial charge in [0.1, 0.15) is 9.71 Å². The van der Waals surface area contributed by atoms with Crippen LogP contribution in [-0.2, 0) is 4.74 Å². The summed E-state index contributed by atoms with van der Waals surface area (Å²) in [6.07, 6.45) is 1.44. The SMILES string of the molecule is CCOC(=O)c1sc2nc(NC(=O)c3ccco3)sc2c1C. The highest BCUT2D eigenvalue weighted by Gasteiger charge is 2.20. The molecule has 3 heterocycles. The van der Waals surface area contributed by atoms with Gasteiger partial charge in [-0.15, -0.1) is 11.3 Å². The first-order chi connectivity index (χ1) is 10.6. The van der Waals surface area contributed by atoms with Gasteiger partial charge in [0, 0.05) is 0 Å². The second-order valence-electron chi connectivity index (χ2n) is 4.36. The Kier molecular flexibility index (Phi) is 3.95. The fraction of sp³-hybridized carbons (Fsp3) is 0.214. The predicted octanol–water partition coefficient (Wildman–Crippen LogP) is 3.69. The second kappa shape index (κ2) is 5.90. The molecule has 0 aliphatic carbocycles. The maximum Gasteiger partial charge on any atom is 0.348 e. The topological polar surface area (TPSA) is 81.4 Å². The van der Waals surface area contributed by atoms with Gasteiger partial charge >= 0.3 is 5.97 Å². The number of aryl methyl sites for hydroxylation is 1. The average Bonchev–Trinajstić information content (AvgIpc) is 3.17. The number of hydrogen-bond acceptors (Lipinski definition) is 7. The molecule has 1 amide bonds. The van der Waals surface area contributed by atoms with Crippen LogP contribution in [0.25, 0.3) is 9.53 Å². The van der Waals surface area contributed by atoms with Crippen LogP contribution >= 0.6 is 22.7 Å². The molecule has 8 heteroatoms. The van der Waals surface area contributed by atoms with Crippen LogP contribution in [0.1, 0.15) is 32.7 Å². The Morgan fingerprint density at radius 2 is 2.23 bits per heavy atom. The van der Waals surface area contributed by atoms with E-state index in [4.69, 9.17) is 9.15 Å². The monoisotopic (exact) mass is 336 g/mol. The van der Waals surface area contributed by atoms with Crippen molar-refractivity contribution in [3.8, 4) is 0 Å². The normalized spacial score (nSPS) is 10.8. The van der Waals surface area contributed by atoms with Gasteiger partial charge in [-0.2, -0.15) is 0 Å². The van der Waals surface area contributed by atoms with Crippen molar-refractivity contribution in [2.45, 2.75) is 13.8 Å². The standard InChI is InChI=1S/C14H12N2O4S2/c1-3-19-13(18)10-7(2)9-12(21-10)16-14(22-9)15-11(17)8-5-4-6-20-8/h4-6H,3H2,1-2H3,(H,15,16,17). The molecule has 0 bridgehead atoms. The van der Waals surface area contributed by atoms with E-state index in [0.29, 0.717) is 21.4 Å². The molecule has 0 unspecified atom stereocenters. The summed E-state index contributed by atoms with van der Waals surface area (Å²) in [4.78, 5) is 29.4. The largest absolute Gasteiger partial charge is 0.462 e. The molecule has 3 aromatic heterocycles. The van der Waals surface area contributed by atoms with Gasteiger partial charge < -0.3 is 9.15 Å². The third kappa shape index (κ3) is 2.62. The molecule has 22 heavy (non-hydrogen) atoms. The van der Waals surface area contributed by atoms with Crippen molar-refractivity contribution in [3.63, 3.8) is 0 Å². The lowest BCUT2D eigenvalue weighted by molar-refractivity contribution is 0.0531. The Bertz CT molecular complexity index is 833. The number of amides is 1. The van der Waals surface area contributed by atoms with Crippen LogP contribution in [-0.4, -0.2) is 23.5 Å². The minimum Gasteiger partial charge on any atom is -0.462 e. The van der Waals surface area contributed by atoms with Crippen LogP contribution in [0, 0.1) is 6.92 Å². The number of carbonyl (C=O) groups excluding carboxylic acids is 2. The number of aromatic nitrogens is 1. The number of anilines is 1. The van der Waals surface area contributed by atoms with E-state index in [2.05, 4.69) is 10.3 Å². The zero-order valence-corrected chi connectivity index (χ0v) is 13.5. The lowest BCUT2D eigenvalue weighted by Crippen LogP contribution is -2.10. The molecule has 3 aromatic rings. The molecule has 0 radical (unpaired) electrons. The number of ether oxygens (including phenoxy) is 1. The Morgan fingerprint density at radius 1 is 1.41 bits per heavy atom. The first-order valence-corrected chi connectivity index (χ1v) is 8.15. The highest BCUT2D eigenvalue weighted by Crippen LogP contribution is 2.37. The number of thiophene rings is 1. The number of furan rings is 1. The Hall–Kier alpha value is -2.19. The Labute approximate surface area is 133 Å². The zero-order valence-electron chi connectivity index (χ0n) is 11.8. The van der Waals surface area contributed by atoms with Gasteiger partial charge in [0.2, 0.25) is 0 Å². The van der Waals surface area contributed by atoms with Crippen molar-refractivity contribution >= 4 is 49.2 Å². The van der Waals surface area contributed by atoms with Gasteiger partial charge in [-0.05, 0) is 31.5 Å². The number of fused-ring (bicyclic) bond motifs is 1. The average molecular weight is 336 g/mol. The van der Waals surface area contributed by atoms with E-state index in [-0.39, 0.29) is 17.6 Å². The summed E-state index contributed by atoms with van der Waals surface area (Å²) in [5, 5.41) is 3.16. The summed E-state index contributed by atoms with van der Waals surface area (Å²) in [7, 11) is 0. The van der Waals surface area contributed by atoms with E-state index in [1.165, 1.54) is 28.9 Å². The molecule has 6 nitrogen and oxygen atoms in total. The molecule has 0 fully saturated rings. The molecule has 1 N–H and O–H groups in total. The van der Waals surface area contributed by atoms with Gasteiger partial charge in [0.15, 0.2) is 10.9 Å². The van der Waals surface area contributed by atoms with E-state index < -0.39 is 0 Å². The van der Waals surface area contributed by atoms with Gasteiger partial charge in [0.05, 0.1) is 17.6 Å². The summed E-state index contributed by atoms with van der Waals surface area (Å²) >= 11 is 2.59. The third-order valence-electron chi connectivity index (χ3n) is 2.90. The van der Waals surface area contributed by atoms with E-state index >= 15 is 0 Å². The smallest absolute Gasteiger partial charge is 0.348 e. The summed E-state index contributed by atoms with van der Waals surface area (Å²) < 4.78 is 10.9. The molecular weight excluding hydrogens is 324 g/mol. The number of nitrogens with zero attached hydrogens (tertiary/aromatic N) is 1. The molecule has 3 rings (SSSR count). The predicted molar refractivity (Wildman–Crippen MR) is 84.9 cm³/mol. The van der Waals surface area contributed by atoms with E-state index in [0.717, 1.165) is 10.3 Å². The van der Waals surface area contributed by atoms with Crippen LogP contribution < -0.4 is 5.32 Å². The molecule has 0 saturated heterocycles. The highest BCUT2D eigenvalue weighted by molar-refractivity contribution is 7.30. The van der Waals surface area contributed by atoms with Crippen molar-refractivity contribution in [3.05, 3.63) is 34.6 Å². The second-order valence-corrected chi connectivity index (χ2v) is 6.36. The Balaban J connectivity index is 1.85. The fourth-order valence-electron chi connectivity index (χ4n) is 1.90. The summed E-state index contributed by atoms with van der Waals surface area (Å²) in [5.41, 5.74) is 0.828. The third-order valence-corrected chi connectivity index (χ3v) is 5.29. The maximum absolute atomic E-state index is 11.9. The quantitative estimate of drug-likeness (QED) is 0.735. The molecule has 114 valence electrons. The minimum absolute atomic E-state index is 0.225. The van der Waals surface area contributed by atoms with Crippen LogP contribution in [0.4, 0.5) is 5.13 Å². The highest BCUT2D eigenvalue weighted by atomic mass is 32.1.